The van der Waals surface area contributed by atoms with Crippen LogP contribution in [0.1, 0.15) is 24.2 Å². The van der Waals surface area contributed by atoms with Crippen LogP contribution in [-0.2, 0) is 9.47 Å². The van der Waals surface area contributed by atoms with Crippen LogP contribution >= 0.6 is 0 Å². The monoisotopic (exact) mass is 270 g/mol. The first-order chi connectivity index (χ1) is 8.88. The van der Waals surface area contributed by atoms with Gasteiger partial charge in [-0.25, -0.2) is 4.79 Å². The number of aromatic hydroxyl groups is 2. The van der Waals surface area contributed by atoms with Crippen molar-refractivity contribution in [1.82, 2.24) is 0 Å². The molecule has 0 aromatic heterocycles. The molecule has 1 unspecified atom stereocenters. The number of carbonyl (C=O) groups excluding carboxylic acids is 1. The molecule has 0 spiro atoms. The van der Waals surface area contributed by atoms with Crippen molar-refractivity contribution in [3.8, 4) is 11.5 Å². The van der Waals surface area contributed by atoms with E-state index in [1.807, 2.05) is 13.8 Å². The molecule has 0 saturated carbocycles. The van der Waals surface area contributed by atoms with Crippen LogP contribution in [0.2, 0.25) is 0 Å². The van der Waals surface area contributed by atoms with Gasteiger partial charge in [-0.15, -0.1) is 0 Å². The fourth-order valence-electron chi connectivity index (χ4n) is 1.32. The third-order valence-corrected chi connectivity index (χ3v) is 2.17. The van der Waals surface area contributed by atoms with E-state index in [2.05, 4.69) is 0 Å². The minimum Gasteiger partial charge on any atom is -0.508 e. The van der Waals surface area contributed by atoms with Crippen molar-refractivity contribution in [2.45, 2.75) is 26.1 Å². The normalized spacial score (nSPS) is 12.4. The van der Waals surface area contributed by atoms with Gasteiger partial charge in [0.2, 0.25) is 0 Å². The fourth-order valence-corrected chi connectivity index (χ4v) is 1.32. The molecule has 0 fully saturated rings. The summed E-state index contributed by atoms with van der Waals surface area (Å²) in [5.41, 5.74) is 0.00878. The summed E-state index contributed by atoms with van der Waals surface area (Å²) in [6.07, 6.45) is -0.939. The molecule has 0 aliphatic carbocycles. The highest BCUT2D eigenvalue weighted by atomic mass is 16.5. The molecule has 106 valence electrons. The second kappa shape index (κ2) is 6.96. The largest absolute Gasteiger partial charge is 0.508 e. The van der Waals surface area contributed by atoms with E-state index in [0.717, 1.165) is 6.07 Å². The highest BCUT2D eigenvalue weighted by Gasteiger charge is 2.13. The minimum absolute atomic E-state index is 0.00878. The molecule has 0 heterocycles. The van der Waals surface area contributed by atoms with E-state index in [1.165, 1.54) is 12.1 Å². The van der Waals surface area contributed by atoms with Crippen LogP contribution in [-0.4, -0.2) is 46.7 Å². The molecule has 19 heavy (non-hydrogen) atoms. The highest BCUT2D eigenvalue weighted by molar-refractivity contribution is 5.90. The lowest BCUT2D eigenvalue weighted by Gasteiger charge is -2.13. The number of phenols is 2. The Morgan fingerprint density at radius 3 is 2.26 bits per heavy atom. The first kappa shape index (κ1) is 15.3. The summed E-state index contributed by atoms with van der Waals surface area (Å²) < 4.78 is 10.00. The van der Waals surface area contributed by atoms with Crippen LogP contribution in [0.25, 0.3) is 0 Å². The standard InChI is InChI=1S/C13H18O6/c1-8(2)18-6-12(16)7-19-13(17)9-3-10(14)5-11(15)4-9/h3-5,8,12,14-16H,6-7H2,1-2H3. The maximum Gasteiger partial charge on any atom is 0.338 e. The molecular formula is C13H18O6. The van der Waals surface area contributed by atoms with Gasteiger partial charge in [-0.2, -0.15) is 0 Å². The second-order valence-electron chi connectivity index (χ2n) is 4.37. The molecule has 6 heteroatoms. The van der Waals surface area contributed by atoms with Crippen molar-refractivity contribution in [3.05, 3.63) is 23.8 Å². The fraction of sp³-hybridized carbons (Fsp3) is 0.462. The Balaban J connectivity index is 2.46. The van der Waals surface area contributed by atoms with Crippen molar-refractivity contribution in [2.24, 2.45) is 0 Å². The number of phenolic OH excluding ortho intramolecular Hbond substituents is 2. The van der Waals surface area contributed by atoms with Crippen LogP contribution in [0, 0.1) is 0 Å². The molecule has 3 N–H and O–H groups in total. The first-order valence-electron chi connectivity index (χ1n) is 5.88. The topological polar surface area (TPSA) is 96.2 Å². The first-order valence-corrected chi connectivity index (χ1v) is 5.88. The predicted molar refractivity (Wildman–Crippen MR) is 67.1 cm³/mol. The number of hydrogen-bond donors (Lipinski definition) is 3. The SMILES string of the molecule is CC(C)OCC(O)COC(=O)c1cc(O)cc(O)c1. The van der Waals surface area contributed by atoms with E-state index in [0.29, 0.717) is 0 Å². The second-order valence-corrected chi connectivity index (χ2v) is 4.37. The van der Waals surface area contributed by atoms with Crippen molar-refractivity contribution >= 4 is 5.97 Å². The van der Waals surface area contributed by atoms with Gasteiger partial charge in [0.1, 0.15) is 24.2 Å². The van der Waals surface area contributed by atoms with Gasteiger partial charge in [0.15, 0.2) is 0 Å². The van der Waals surface area contributed by atoms with Crippen molar-refractivity contribution < 1.29 is 29.6 Å². The Morgan fingerprint density at radius 1 is 1.16 bits per heavy atom. The zero-order chi connectivity index (χ0) is 14.4. The van der Waals surface area contributed by atoms with Crippen LogP contribution in [0.15, 0.2) is 18.2 Å². The third-order valence-electron chi connectivity index (χ3n) is 2.17. The lowest BCUT2D eigenvalue weighted by molar-refractivity contribution is -0.0269. The predicted octanol–water partition coefficient (Wildman–Crippen LogP) is 1.04. The summed E-state index contributed by atoms with van der Waals surface area (Å²) in [7, 11) is 0. The number of carbonyl (C=O) groups is 1. The lowest BCUT2D eigenvalue weighted by atomic mass is 10.2. The average Bonchev–Trinajstić information content (AvgIpc) is 2.32. The molecule has 1 atom stereocenters. The Kier molecular flexibility index (Phi) is 5.59. The van der Waals surface area contributed by atoms with Gasteiger partial charge < -0.3 is 24.8 Å². The molecule has 0 radical (unpaired) electrons. The summed E-state index contributed by atoms with van der Waals surface area (Å²) in [4.78, 5) is 11.6. The van der Waals surface area contributed by atoms with E-state index in [-0.39, 0.29) is 36.4 Å². The smallest absolute Gasteiger partial charge is 0.338 e. The van der Waals surface area contributed by atoms with E-state index in [1.54, 1.807) is 0 Å². The van der Waals surface area contributed by atoms with Crippen molar-refractivity contribution in [2.75, 3.05) is 13.2 Å². The number of ether oxygens (including phenoxy) is 2. The third kappa shape index (κ3) is 5.58. The molecule has 1 aromatic carbocycles. The van der Waals surface area contributed by atoms with Gasteiger partial charge in [-0.05, 0) is 26.0 Å². The quantitative estimate of drug-likeness (QED) is 0.668. The van der Waals surface area contributed by atoms with E-state index in [9.17, 15) is 20.1 Å². The molecule has 1 rings (SSSR count). The Labute approximate surface area is 111 Å². The molecular weight excluding hydrogens is 252 g/mol. The van der Waals surface area contributed by atoms with Crippen molar-refractivity contribution in [3.63, 3.8) is 0 Å². The van der Waals surface area contributed by atoms with Crippen LogP contribution in [0.4, 0.5) is 0 Å². The summed E-state index contributed by atoms with van der Waals surface area (Å²) in [6, 6.07) is 3.43. The highest BCUT2D eigenvalue weighted by Crippen LogP contribution is 2.20. The van der Waals surface area contributed by atoms with Crippen LogP contribution in [0.3, 0.4) is 0 Å². The maximum atomic E-state index is 11.6. The van der Waals surface area contributed by atoms with Gasteiger partial charge in [-0.3, -0.25) is 0 Å². The van der Waals surface area contributed by atoms with Gasteiger partial charge in [-0.1, -0.05) is 0 Å². The summed E-state index contributed by atoms with van der Waals surface area (Å²) in [5, 5.41) is 28.0. The summed E-state index contributed by atoms with van der Waals surface area (Å²) >= 11 is 0. The number of esters is 1. The zero-order valence-electron chi connectivity index (χ0n) is 10.9. The van der Waals surface area contributed by atoms with Gasteiger partial charge in [0, 0.05) is 6.07 Å². The van der Waals surface area contributed by atoms with E-state index in [4.69, 9.17) is 9.47 Å². The molecule has 0 aliphatic heterocycles. The summed E-state index contributed by atoms with van der Waals surface area (Å²) in [5.74, 6) is -1.22. The van der Waals surface area contributed by atoms with Gasteiger partial charge >= 0.3 is 5.97 Å². The molecule has 0 aliphatic rings. The number of rotatable bonds is 6. The minimum atomic E-state index is -0.919. The van der Waals surface area contributed by atoms with Crippen molar-refractivity contribution in [1.29, 1.82) is 0 Å². The average molecular weight is 270 g/mol. The van der Waals surface area contributed by atoms with E-state index >= 15 is 0 Å². The molecule has 6 nitrogen and oxygen atoms in total. The number of aliphatic hydroxyl groups is 1. The van der Waals surface area contributed by atoms with Crippen LogP contribution < -0.4 is 0 Å². The molecule has 1 aromatic rings. The zero-order valence-corrected chi connectivity index (χ0v) is 10.9. The number of aliphatic hydroxyl groups excluding tert-OH is 1. The van der Waals surface area contributed by atoms with Crippen LogP contribution in [0.5, 0.6) is 11.5 Å². The van der Waals surface area contributed by atoms with Gasteiger partial charge in [0.05, 0.1) is 18.3 Å². The Hall–Kier alpha value is -1.79. The van der Waals surface area contributed by atoms with E-state index < -0.39 is 12.1 Å². The Bertz CT molecular complexity index is 409. The molecule has 0 bridgehead atoms. The molecule has 0 amide bonds. The Morgan fingerprint density at radius 2 is 1.74 bits per heavy atom. The summed E-state index contributed by atoms with van der Waals surface area (Å²) in [6.45, 7) is 3.50. The lowest BCUT2D eigenvalue weighted by Crippen LogP contribution is -2.25. The maximum absolute atomic E-state index is 11.6. The van der Waals surface area contributed by atoms with Gasteiger partial charge in [0.25, 0.3) is 0 Å². The number of hydrogen-bond acceptors (Lipinski definition) is 6. The molecule has 0 saturated heterocycles. The number of benzene rings is 1.